The minimum Gasteiger partial charge on any atom is -0.790 e. The third-order valence-corrected chi connectivity index (χ3v) is 2.88. The summed E-state index contributed by atoms with van der Waals surface area (Å²) in [6.45, 7) is 0.971. The minimum absolute atomic E-state index is 0.658. The summed E-state index contributed by atoms with van der Waals surface area (Å²) in [5, 5.41) is 0. The summed E-state index contributed by atoms with van der Waals surface area (Å²) >= 11 is 0. The van der Waals surface area contributed by atoms with E-state index in [0.29, 0.717) is 0 Å². The molecule has 0 heterocycles. The number of alkyl halides is 5. The fourth-order valence-electron chi connectivity index (χ4n) is 1.19. The molecule has 0 radical (unpaired) electrons. The zero-order valence-corrected chi connectivity index (χ0v) is 11.8. The first-order chi connectivity index (χ1) is 8.97. The van der Waals surface area contributed by atoms with Crippen LogP contribution in [0.4, 0.5) is 22.0 Å². The van der Waals surface area contributed by atoms with Crippen LogP contribution in [0.2, 0.25) is 0 Å². The van der Waals surface area contributed by atoms with Crippen molar-refractivity contribution >= 4 is 15.6 Å². The SMILES string of the molecule is CCCC(F)(OP(=O)(O)O)C(F)(F)C(F)(F)OP(=O)([O-])[O-]. The molecule has 0 rings (SSSR count). The van der Waals surface area contributed by atoms with E-state index in [1.165, 1.54) is 0 Å². The maximum atomic E-state index is 13.8. The Kier molecular flexibility index (Phi) is 6.13. The summed E-state index contributed by atoms with van der Waals surface area (Å²) in [5.74, 6) is -11.2. The fraction of sp³-hybridized carbons (Fsp3) is 1.00. The van der Waals surface area contributed by atoms with Crippen molar-refractivity contribution in [3.8, 4) is 0 Å². The third-order valence-electron chi connectivity index (χ3n) is 1.90. The average molecular weight is 366 g/mol. The third kappa shape index (κ3) is 5.53. The molecule has 15 heteroatoms. The van der Waals surface area contributed by atoms with Gasteiger partial charge in [0, 0.05) is 6.42 Å². The van der Waals surface area contributed by atoms with Crippen molar-refractivity contribution < 1.29 is 59.7 Å². The van der Waals surface area contributed by atoms with E-state index in [1.54, 1.807) is 0 Å². The number of phosphoric ester groups is 2. The van der Waals surface area contributed by atoms with E-state index < -0.39 is 46.4 Å². The van der Waals surface area contributed by atoms with Crippen molar-refractivity contribution in [1.82, 2.24) is 0 Å². The van der Waals surface area contributed by atoms with Crippen LogP contribution in [-0.2, 0) is 18.2 Å². The highest BCUT2D eigenvalue weighted by Gasteiger charge is 2.74. The second-order valence-electron chi connectivity index (χ2n) is 3.69. The molecular formula is C6H9F5O8P2-2. The quantitative estimate of drug-likeness (QED) is 0.471. The van der Waals surface area contributed by atoms with Gasteiger partial charge in [-0.3, -0.25) is 4.52 Å². The van der Waals surface area contributed by atoms with Crippen molar-refractivity contribution in [2.45, 2.75) is 37.7 Å². The second kappa shape index (κ2) is 6.17. The van der Waals surface area contributed by atoms with E-state index >= 15 is 0 Å². The van der Waals surface area contributed by atoms with Gasteiger partial charge in [-0.25, -0.2) is 13.5 Å². The maximum absolute atomic E-state index is 13.8. The van der Waals surface area contributed by atoms with Gasteiger partial charge in [0.25, 0.3) is 5.85 Å². The highest BCUT2D eigenvalue weighted by Crippen LogP contribution is 2.56. The highest BCUT2D eigenvalue weighted by atomic mass is 31.2. The molecule has 8 nitrogen and oxygen atoms in total. The van der Waals surface area contributed by atoms with Crippen molar-refractivity contribution in [1.29, 1.82) is 0 Å². The Morgan fingerprint density at radius 3 is 1.76 bits per heavy atom. The molecule has 0 aliphatic heterocycles. The van der Waals surface area contributed by atoms with Crippen molar-refractivity contribution in [2.75, 3.05) is 0 Å². The first-order valence-electron chi connectivity index (χ1n) is 4.91. The molecule has 0 aliphatic rings. The molecule has 0 aromatic heterocycles. The predicted octanol–water partition coefficient (Wildman–Crippen LogP) is 0.635. The lowest BCUT2D eigenvalue weighted by Crippen LogP contribution is -2.58. The normalized spacial score (nSPS) is 17.6. The number of hydrogen-bond acceptors (Lipinski definition) is 6. The molecular weight excluding hydrogens is 357 g/mol. The lowest BCUT2D eigenvalue weighted by molar-refractivity contribution is -0.422. The Hall–Kier alpha value is -0.130. The van der Waals surface area contributed by atoms with Gasteiger partial charge in [-0.1, -0.05) is 13.3 Å². The Balaban J connectivity index is 5.75. The van der Waals surface area contributed by atoms with Crippen LogP contribution in [0.3, 0.4) is 0 Å². The standard InChI is InChI=1S/C6H11F5O8P2/c1-2-3-4(7,18-20(12,13)14)5(8,9)6(10,11)19-21(15,16)17/h2-3H2,1H3,(H2,12,13,14)(H2,15,16,17)/p-2. The van der Waals surface area contributed by atoms with Gasteiger partial charge in [0.1, 0.15) is 0 Å². The topological polar surface area (TPSA) is 139 Å². The lowest BCUT2D eigenvalue weighted by Gasteiger charge is -2.40. The first kappa shape index (κ1) is 20.9. The summed E-state index contributed by atoms with van der Waals surface area (Å²) in [6, 6.07) is 0. The Bertz CT molecular complexity index is 460. The molecule has 0 spiro atoms. The van der Waals surface area contributed by atoms with E-state index in [9.17, 15) is 40.9 Å². The maximum Gasteiger partial charge on any atom is 0.472 e. The van der Waals surface area contributed by atoms with Crippen molar-refractivity contribution in [3.63, 3.8) is 0 Å². The number of phosphoric acid groups is 2. The lowest BCUT2D eigenvalue weighted by atomic mass is 10.0. The van der Waals surface area contributed by atoms with Gasteiger partial charge in [0.15, 0.2) is 0 Å². The van der Waals surface area contributed by atoms with E-state index in [0.717, 1.165) is 6.92 Å². The smallest absolute Gasteiger partial charge is 0.472 e. The molecule has 1 atom stereocenters. The molecule has 0 aromatic rings. The Morgan fingerprint density at radius 1 is 1.05 bits per heavy atom. The second-order valence-corrected chi connectivity index (χ2v) is 5.93. The molecule has 0 aliphatic carbocycles. The molecule has 0 amide bonds. The summed E-state index contributed by atoms with van der Waals surface area (Å²) in [6.07, 6.45) is -8.55. The van der Waals surface area contributed by atoms with Crippen molar-refractivity contribution in [2.24, 2.45) is 0 Å². The van der Waals surface area contributed by atoms with Gasteiger partial charge in [-0.2, -0.15) is 17.6 Å². The van der Waals surface area contributed by atoms with Gasteiger partial charge in [0.2, 0.25) is 0 Å². The van der Waals surface area contributed by atoms with E-state index in [4.69, 9.17) is 9.79 Å². The Morgan fingerprint density at radius 2 is 1.48 bits per heavy atom. The van der Waals surface area contributed by atoms with E-state index in [-0.39, 0.29) is 0 Å². The van der Waals surface area contributed by atoms with Gasteiger partial charge < -0.3 is 24.1 Å². The van der Waals surface area contributed by atoms with Crippen LogP contribution in [0, 0.1) is 0 Å². The molecule has 128 valence electrons. The molecule has 0 saturated heterocycles. The van der Waals surface area contributed by atoms with Crippen LogP contribution in [0.1, 0.15) is 19.8 Å². The number of hydrogen-bond donors (Lipinski definition) is 2. The molecule has 1 unspecified atom stereocenters. The highest BCUT2D eigenvalue weighted by molar-refractivity contribution is 7.46. The summed E-state index contributed by atoms with van der Waals surface area (Å²) in [7, 11) is -12.7. The molecule has 2 N–H and O–H groups in total. The molecule has 0 bridgehead atoms. The van der Waals surface area contributed by atoms with Gasteiger partial charge in [0.05, 0.1) is 7.82 Å². The molecule has 21 heavy (non-hydrogen) atoms. The van der Waals surface area contributed by atoms with Crippen LogP contribution >= 0.6 is 15.6 Å². The monoisotopic (exact) mass is 366 g/mol. The van der Waals surface area contributed by atoms with Gasteiger partial charge in [-0.05, 0) is 0 Å². The number of halogens is 5. The predicted molar refractivity (Wildman–Crippen MR) is 50.5 cm³/mol. The van der Waals surface area contributed by atoms with Gasteiger partial charge >= 0.3 is 19.9 Å². The average Bonchev–Trinajstić information content (AvgIpc) is 2.09. The molecule has 0 fully saturated rings. The summed E-state index contributed by atoms with van der Waals surface area (Å²) < 4.78 is 92.2. The Labute approximate surface area is 114 Å². The largest absolute Gasteiger partial charge is 0.790 e. The van der Waals surface area contributed by atoms with Crippen LogP contribution in [0.5, 0.6) is 0 Å². The van der Waals surface area contributed by atoms with Crippen LogP contribution in [0.15, 0.2) is 0 Å². The number of rotatable bonds is 8. The zero-order valence-electron chi connectivity index (χ0n) is 10.0. The van der Waals surface area contributed by atoms with Crippen molar-refractivity contribution in [3.05, 3.63) is 0 Å². The van der Waals surface area contributed by atoms with Gasteiger partial charge in [-0.15, -0.1) is 0 Å². The minimum atomic E-state index is -6.67. The molecule has 0 aromatic carbocycles. The summed E-state index contributed by atoms with van der Waals surface area (Å²) in [4.78, 5) is 36.6. The fourth-order valence-corrected chi connectivity index (χ4v) is 2.16. The first-order valence-corrected chi connectivity index (χ1v) is 7.90. The molecule has 0 saturated carbocycles. The van der Waals surface area contributed by atoms with E-state index in [2.05, 4.69) is 9.05 Å². The van der Waals surface area contributed by atoms with Crippen LogP contribution in [-0.4, -0.2) is 27.7 Å². The summed E-state index contributed by atoms with van der Waals surface area (Å²) in [5.41, 5.74) is 0. The van der Waals surface area contributed by atoms with Crippen LogP contribution in [0.25, 0.3) is 0 Å². The zero-order chi connectivity index (χ0) is 17.3. The van der Waals surface area contributed by atoms with E-state index in [1.807, 2.05) is 0 Å². The van der Waals surface area contributed by atoms with Crippen LogP contribution < -0.4 is 9.79 Å².